The Labute approximate surface area is 134 Å². The maximum atomic E-state index is 12.9. The minimum absolute atomic E-state index is 0.00850. The van der Waals surface area contributed by atoms with Crippen LogP contribution in [0.25, 0.3) is 21.7 Å². The number of hydrogen-bond acceptors (Lipinski definition) is 2. The van der Waals surface area contributed by atoms with Crippen LogP contribution < -0.4 is 11.3 Å². The first-order valence-electron chi connectivity index (χ1n) is 7.98. The minimum atomic E-state index is -0.479. The van der Waals surface area contributed by atoms with Crippen LogP contribution in [0.3, 0.4) is 0 Å². The summed E-state index contributed by atoms with van der Waals surface area (Å²) in [6.45, 7) is 2.78. The van der Waals surface area contributed by atoms with Gasteiger partial charge in [-0.2, -0.15) is 0 Å². The number of rotatable bonds is 5. The zero-order valence-corrected chi connectivity index (χ0v) is 13.2. The summed E-state index contributed by atoms with van der Waals surface area (Å²) in [5, 5.41) is 2.60. The molecule has 4 heteroatoms. The molecule has 0 fully saturated rings. The van der Waals surface area contributed by atoms with Gasteiger partial charge in [0.05, 0.1) is 5.52 Å². The summed E-state index contributed by atoms with van der Waals surface area (Å²) >= 11 is 0. The van der Waals surface area contributed by atoms with Crippen LogP contribution in [0.4, 0.5) is 0 Å². The number of hydrogen-bond donors (Lipinski definition) is 1. The lowest BCUT2D eigenvalue weighted by Crippen LogP contribution is -2.21. The highest BCUT2D eigenvalue weighted by molar-refractivity contribution is 6.07. The van der Waals surface area contributed by atoms with Crippen LogP contribution in [-0.2, 0) is 6.54 Å². The molecule has 0 saturated carbocycles. The Morgan fingerprint density at radius 3 is 2.48 bits per heavy atom. The van der Waals surface area contributed by atoms with Crippen molar-refractivity contribution in [3.63, 3.8) is 0 Å². The molecule has 0 unspecified atom stereocenters. The standard InChI is InChI=1S/C19H20N2O2/c1-2-3-6-11-21-17-12-13(18(20)22)9-10-15(17)14-7-4-5-8-16(14)19(21)23/h4-5,7-10,12H,2-3,6,11H2,1H3,(H2,20,22). The van der Waals surface area contributed by atoms with Gasteiger partial charge in [0.2, 0.25) is 5.91 Å². The molecule has 0 aliphatic heterocycles. The summed E-state index contributed by atoms with van der Waals surface area (Å²) < 4.78 is 1.78. The lowest BCUT2D eigenvalue weighted by molar-refractivity contribution is 0.100. The highest BCUT2D eigenvalue weighted by Gasteiger charge is 2.12. The number of benzene rings is 2. The summed E-state index contributed by atoms with van der Waals surface area (Å²) in [6.07, 6.45) is 3.09. The van der Waals surface area contributed by atoms with Crippen molar-refractivity contribution in [3.8, 4) is 0 Å². The van der Waals surface area contributed by atoms with E-state index in [1.54, 1.807) is 16.7 Å². The number of aromatic nitrogens is 1. The van der Waals surface area contributed by atoms with E-state index in [-0.39, 0.29) is 5.56 Å². The monoisotopic (exact) mass is 308 g/mol. The average molecular weight is 308 g/mol. The molecule has 0 aliphatic rings. The molecule has 0 aliphatic carbocycles. The molecule has 0 spiro atoms. The molecule has 0 saturated heterocycles. The summed E-state index contributed by atoms with van der Waals surface area (Å²) in [5.41, 5.74) is 6.60. The zero-order valence-electron chi connectivity index (χ0n) is 13.2. The predicted molar refractivity (Wildman–Crippen MR) is 93.8 cm³/mol. The van der Waals surface area contributed by atoms with Gasteiger partial charge in [0.15, 0.2) is 0 Å². The molecule has 2 N–H and O–H groups in total. The Bertz CT molecular complexity index is 941. The van der Waals surface area contributed by atoms with Crippen molar-refractivity contribution in [1.82, 2.24) is 4.57 Å². The van der Waals surface area contributed by atoms with Crippen molar-refractivity contribution < 1.29 is 4.79 Å². The molecule has 1 heterocycles. The molecule has 3 aromatic rings. The van der Waals surface area contributed by atoms with Crippen LogP contribution >= 0.6 is 0 Å². The van der Waals surface area contributed by atoms with Crippen molar-refractivity contribution in [2.24, 2.45) is 5.73 Å². The van der Waals surface area contributed by atoms with Gasteiger partial charge in [0.25, 0.3) is 5.56 Å². The first-order valence-corrected chi connectivity index (χ1v) is 7.98. The van der Waals surface area contributed by atoms with E-state index < -0.39 is 5.91 Å². The number of aryl methyl sites for hydroxylation is 1. The molecular formula is C19H20N2O2. The fourth-order valence-corrected chi connectivity index (χ4v) is 3.04. The number of nitrogens with two attached hydrogens (primary N) is 1. The summed E-state index contributed by atoms with van der Waals surface area (Å²) in [7, 11) is 0. The van der Waals surface area contributed by atoms with Crippen LogP contribution in [0, 0.1) is 0 Å². The van der Waals surface area contributed by atoms with E-state index in [9.17, 15) is 9.59 Å². The lowest BCUT2D eigenvalue weighted by Gasteiger charge is -2.13. The predicted octanol–water partition coefficient (Wildman–Crippen LogP) is 3.44. The third-order valence-corrected chi connectivity index (χ3v) is 4.25. The third-order valence-electron chi connectivity index (χ3n) is 4.25. The zero-order chi connectivity index (χ0) is 16.4. The number of fused-ring (bicyclic) bond motifs is 3. The van der Waals surface area contributed by atoms with Crippen LogP contribution in [-0.4, -0.2) is 10.5 Å². The van der Waals surface area contributed by atoms with Gasteiger partial charge in [-0.3, -0.25) is 9.59 Å². The Morgan fingerprint density at radius 2 is 1.78 bits per heavy atom. The fraction of sp³-hybridized carbons (Fsp3) is 0.263. The quantitative estimate of drug-likeness (QED) is 0.579. The van der Waals surface area contributed by atoms with Gasteiger partial charge in [-0.25, -0.2) is 0 Å². The molecule has 1 aromatic heterocycles. The van der Waals surface area contributed by atoms with Crippen molar-refractivity contribution >= 4 is 27.6 Å². The third kappa shape index (κ3) is 2.72. The van der Waals surface area contributed by atoms with Crippen molar-refractivity contribution in [2.45, 2.75) is 32.7 Å². The average Bonchev–Trinajstić information content (AvgIpc) is 2.57. The van der Waals surface area contributed by atoms with E-state index in [2.05, 4.69) is 6.92 Å². The Morgan fingerprint density at radius 1 is 1.04 bits per heavy atom. The molecule has 23 heavy (non-hydrogen) atoms. The molecule has 2 aromatic carbocycles. The topological polar surface area (TPSA) is 65.1 Å². The molecule has 0 bridgehead atoms. The normalized spacial score (nSPS) is 11.2. The van der Waals surface area contributed by atoms with Gasteiger partial charge in [-0.15, -0.1) is 0 Å². The lowest BCUT2D eigenvalue weighted by atomic mass is 10.0. The van der Waals surface area contributed by atoms with E-state index in [0.717, 1.165) is 35.6 Å². The molecule has 118 valence electrons. The van der Waals surface area contributed by atoms with Crippen molar-refractivity contribution in [3.05, 3.63) is 58.4 Å². The highest BCUT2D eigenvalue weighted by atomic mass is 16.1. The van der Waals surface area contributed by atoms with Gasteiger partial charge in [-0.05, 0) is 30.0 Å². The van der Waals surface area contributed by atoms with Crippen LogP contribution in [0.1, 0.15) is 36.5 Å². The van der Waals surface area contributed by atoms with Crippen LogP contribution in [0.15, 0.2) is 47.3 Å². The largest absolute Gasteiger partial charge is 0.366 e. The second kappa shape index (κ2) is 6.24. The molecule has 3 rings (SSSR count). The fourth-order valence-electron chi connectivity index (χ4n) is 3.04. The molecule has 0 radical (unpaired) electrons. The number of amides is 1. The minimum Gasteiger partial charge on any atom is -0.366 e. The number of unbranched alkanes of at least 4 members (excludes halogenated alkanes) is 2. The second-order valence-corrected chi connectivity index (χ2v) is 5.81. The van der Waals surface area contributed by atoms with Gasteiger partial charge in [0.1, 0.15) is 0 Å². The van der Waals surface area contributed by atoms with Crippen molar-refractivity contribution in [1.29, 1.82) is 0 Å². The van der Waals surface area contributed by atoms with Gasteiger partial charge in [0, 0.05) is 22.9 Å². The van der Waals surface area contributed by atoms with Gasteiger partial charge in [-0.1, -0.05) is 44.0 Å². The van der Waals surface area contributed by atoms with Crippen LogP contribution in [0.2, 0.25) is 0 Å². The maximum absolute atomic E-state index is 12.9. The van der Waals surface area contributed by atoms with E-state index in [4.69, 9.17) is 5.73 Å². The number of pyridine rings is 1. The number of carbonyl (C=O) groups excluding carboxylic acids is 1. The first-order chi connectivity index (χ1) is 11.1. The number of nitrogens with zero attached hydrogens (tertiary/aromatic N) is 1. The van der Waals surface area contributed by atoms with Gasteiger partial charge >= 0.3 is 0 Å². The summed E-state index contributed by atoms with van der Waals surface area (Å²) in [5.74, 6) is -0.479. The van der Waals surface area contributed by atoms with E-state index in [1.165, 1.54) is 0 Å². The Hall–Kier alpha value is -2.62. The molecule has 0 atom stereocenters. The molecule has 4 nitrogen and oxygen atoms in total. The van der Waals surface area contributed by atoms with Crippen molar-refractivity contribution in [2.75, 3.05) is 0 Å². The van der Waals surface area contributed by atoms with E-state index >= 15 is 0 Å². The number of carbonyl (C=O) groups is 1. The summed E-state index contributed by atoms with van der Waals surface area (Å²) in [4.78, 5) is 24.4. The van der Waals surface area contributed by atoms with E-state index in [1.807, 2.05) is 30.3 Å². The smallest absolute Gasteiger partial charge is 0.258 e. The Balaban J connectivity index is 2.34. The molecule has 1 amide bonds. The van der Waals surface area contributed by atoms with Crippen LogP contribution in [0.5, 0.6) is 0 Å². The Kier molecular flexibility index (Phi) is 4.15. The first kappa shape index (κ1) is 15.3. The maximum Gasteiger partial charge on any atom is 0.258 e. The molecular weight excluding hydrogens is 288 g/mol. The number of primary amides is 1. The van der Waals surface area contributed by atoms with E-state index in [0.29, 0.717) is 17.5 Å². The summed E-state index contributed by atoms with van der Waals surface area (Å²) in [6, 6.07) is 12.9. The van der Waals surface area contributed by atoms with Gasteiger partial charge < -0.3 is 10.3 Å². The second-order valence-electron chi connectivity index (χ2n) is 5.81. The SMILES string of the molecule is CCCCCn1c(=O)c2ccccc2c2ccc(C(N)=O)cc21. The highest BCUT2D eigenvalue weighted by Crippen LogP contribution is 2.24.